The molecule has 0 amide bonds. The monoisotopic (exact) mass is 397 g/mol. The van der Waals surface area contributed by atoms with E-state index in [1.807, 2.05) is 30.3 Å². The van der Waals surface area contributed by atoms with Gasteiger partial charge < -0.3 is 4.74 Å². The van der Waals surface area contributed by atoms with Gasteiger partial charge in [0.25, 0.3) is 10.1 Å². The lowest BCUT2D eigenvalue weighted by atomic mass is 9.66. The maximum Gasteiger partial charge on any atom is 0.319 e. The van der Waals surface area contributed by atoms with Crippen molar-refractivity contribution < 1.29 is 22.1 Å². The molecular weight excluding hydrogens is 366 g/mol. The Labute approximate surface area is 162 Å². The van der Waals surface area contributed by atoms with Gasteiger partial charge in [0, 0.05) is 5.54 Å². The zero-order chi connectivity index (χ0) is 19.9. The van der Waals surface area contributed by atoms with Crippen molar-refractivity contribution in [1.29, 1.82) is 0 Å². The van der Waals surface area contributed by atoms with Crippen molar-refractivity contribution in [2.24, 2.45) is 11.8 Å². The molecule has 2 rings (SSSR count). The molecule has 152 valence electrons. The Morgan fingerprint density at radius 3 is 2.52 bits per heavy atom. The molecule has 0 aromatic heterocycles. The first kappa shape index (κ1) is 21.9. The predicted molar refractivity (Wildman–Crippen MR) is 105 cm³/mol. The van der Waals surface area contributed by atoms with E-state index < -0.39 is 15.7 Å². The van der Waals surface area contributed by atoms with Crippen LogP contribution >= 0.6 is 0 Å². The van der Waals surface area contributed by atoms with E-state index >= 15 is 0 Å². The van der Waals surface area contributed by atoms with Gasteiger partial charge >= 0.3 is 5.97 Å². The number of carbonyl (C=O) groups is 1. The normalized spacial score (nSPS) is 22.8. The molecule has 1 fully saturated rings. The molecule has 27 heavy (non-hydrogen) atoms. The molecule has 0 unspecified atom stereocenters. The maximum absolute atomic E-state index is 12.0. The van der Waals surface area contributed by atoms with E-state index in [0.29, 0.717) is 6.61 Å². The fourth-order valence-electron chi connectivity index (χ4n) is 4.08. The summed E-state index contributed by atoms with van der Waals surface area (Å²) in [5, 5.41) is 3.41. The highest BCUT2D eigenvalue weighted by Gasteiger charge is 2.42. The van der Waals surface area contributed by atoms with Gasteiger partial charge in [-0.25, -0.2) is 0 Å². The molecule has 7 heteroatoms. The van der Waals surface area contributed by atoms with Crippen LogP contribution in [0, 0.1) is 11.8 Å². The van der Waals surface area contributed by atoms with Crippen LogP contribution in [0.3, 0.4) is 0 Å². The largest absolute Gasteiger partial charge is 0.465 e. The zero-order valence-corrected chi connectivity index (χ0v) is 17.3. The van der Waals surface area contributed by atoms with Crippen LogP contribution in [-0.4, -0.2) is 40.4 Å². The first-order chi connectivity index (χ1) is 12.8. The Hall–Kier alpha value is -1.44. The Bertz CT molecular complexity index is 706. The minimum atomic E-state index is -3.48. The molecule has 1 aliphatic rings. The van der Waals surface area contributed by atoms with Gasteiger partial charge in [-0.3, -0.25) is 14.3 Å². The minimum Gasteiger partial charge on any atom is -0.465 e. The summed E-state index contributed by atoms with van der Waals surface area (Å²) in [4.78, 5) is 12.0. The van der Waals surface area contributed by atoms with Gasteiger partial charge in [-0.1, -0.05) is 43.2 Å². The summed E-state index contributed by atoms with van der Waals surface area (Å²) in [5.74, 6) is -0.0578. The Kier molecular flexibility index (Phi) is 7.82. The molecule has 0 heterocycles. The number of esters is 1. The summed E-state index contributed by atoms with van der Waals surface area (Å²) < 4.78 is 33.2. The minimum absolute atomic E-state index is 0.0911. The second kappa shape index (κ2) is 9.66. The molecule has 1 N–H and O–H groups in total. The fourth-order valence-corrected chi connectivity index (χ4v) is 4.50. The van der Waals surface area contributed by atoms with E-state index in [0.717, 1.165) is 37.5 Å². The Morgan fingerprint density at radius 1 is 1.22 bits per heavy atom. The molecule has 1 aromatic carbocycles. The van der Waals surface area contributed by atoms with Gasteiger partial charge in [0.2, 0.25) is 0 Å². The number of ether oxygens (including phenoxy) is 1. The Morgan fingerprint density at radius 2 is 1.89 bits per heavy atom. The van der Waals surface area contributed by atoms with Crippen LogP contribution in [0.4, 0.5) is 0 Å². The quantitative estimate of drug-likeness (QED) is 0.510. The van der Waals surface area contributed by atoms with Crippen molar-refractivity contribution in [1.82, 2.24) is 5.32 Å². The highest BCUT2D eigenvalue weighted by Crippen LogP contribution is 2.43. The fraction of sp³-hybridized carbons (Fsp3) is 0.650. The van der Waals surface area contributed by atoms with E-state index in [2.05, 4.69) is 12.2 Å². The molecule has 0 aliphatic heterocycles. The molecule has 0 saturated heterocycles. The van der Waals surface area contributed by atoms with Gasteiger partial charge in [0.1, 0.15) is 0 Å². The summed E-state index contributed by atoms with van der Waals surface area (Å²) in [7, 11) is -3.48. The van der Waals surface area contributed by atoms with Gasteiger partial charge in [-0.05, 0) is 44.1 Å². The van der Waals surface area contributed by atoms with Gasteiger partial charge in [-0.2, -0.15) is 8.42 Å². The molecule has 1 aromatic rings. The van der Waals surface area contributed by atoms with Crippen LogP contribution in [0.15, 0.2) is 30.3 Å². The number of carbonyl (C=O) groups excluding carboxylic acids is 1. The smallest absolute Gasteiger partial charge is 0.319 e. The number of benzene rings is 1. The topological polar surface area (TPSA) is 81.7 Å². The maximum atomic E-state index is 12.0. The second-order valence-corrected chi connectivity index (χ2v) is 9.01. The molecule has 6 nitrogen and oxygen atoms in total. The van der Waals surface area contributed by atoms with E-state index in [1.54, 1.807) is 6.92 Å². The van der Waals surface area contributed by atoms with Gasteiger partial charge in [0.15, 0.2) is 0 Å². The lowest BCUT2D eigenvalue weighted by molar-refractivity contribution is -0.142. The molecule has 1 aliphatic carbocycles. The summed E-state index contributed by atoms with van der Waals surface area (Å²) in [6.07, 6.45) is 5.06. The molecule has 0 radical (unpaired) electrons. The number of hydrogen-bond donors (Lipinski definition) is 1. The molecular formula is C20H31NO5S. The van der Waals surface area contributed by atoms with Gasteiger partial charge in [-0.15, -0.1) is 0 Å². The first-order valence-corrected chi connectivity index (χ1v) is 11.4. The number of nitrogens with one attached hydrogen (secondary N) is 1. The zero-order valence-electron chi connectivity index (χ0n) is 16.4. The summed E-state index contributed by atoms with van der Waals surface area (Å²) in [6, 6.07) is 10.00. The number of rotatable bonds is 9. The average Bonchev–Trinajstić information content (AvgIpc) is 2.65. The lowest BCUT2D eigenvalue weighted by Crippen LogP contribution is -2.52. The van der Waals surface area contributed by atoms with Crippen molar-refractivity contribution in [2.45, 2.75) is 45.1 Å². The third-order valence-corrected chi connectivity index (χ3v) is 5.99. The van der Waals surface area contributed by atoms with E-state index in [1.165, 1.54) is 0 Å². The second-order valence-electron chi connectivity index (χ2n) is 7.37. The van der Waals surface area contributed by atoms with Crippen molar-refractivity contribution in [3.8, 4) is 0 Å². The highest BCUT2D eigenvalue weighted by atomic mass is 32.2. The van der Waals surface area contributed by atoms with Crippen LogP contribution < -0.4 is 5.32 Å². The van der Waals surface area contributed by atoms with Crippen molar-refractivity contribution in [3.63, 3.8) is 0 Å². The third-order valence-electron chi connectivity index (χ3n) is 5.43. The van der Waals surface area contributed by atoms with Crippen molar-refractivity contribution in [3.05, 3.63) is 35.9 Å². The predicted octanol–water partition coefficient (Wildman–Crippen LogP) is 2.84. The third kappa shape index (κ3) is 6.30. The van der Waals surface area contributed by atoms with Crippen molar-refractivity contribution >= 4 is 16.1 Å². The van der Waals surface area contributed by atoms with E-state index in [9.17, 15) is 13.2 Å². The summed E-state index contributed by atoms with van der Waals surface area (Å²) in [5.41, 5.74) is 0.588. The molecule has 0 spiro atoms. The van der Waals surface area contributed by atoms with E-state index in [4.69, 9.17) is 8.92 Å². The van der Waals surface area contributed by atoms with Crippen molar-refractivity contribution in [2.75, 3.05) is 26.0 Å². The Balaban J connectivity index is 2.27. The highest BCUT2D eigenvalue weighted by molar-refractivity contribution is 7.85. The van der Waals surface area contributed by atoms with Crippen LogP contribution in [0.5, 0.6) is 0 Å². The summed E-state index contributed by atoms with van der Waals surface area (Å²) >= 11 is 0. The van der Waals surface area contributed by atoms with Gasteiger partial charge in [0.05, 0.1) is 26.0 Å². The molecule has 1 saturated carbocycles. The standard InChI is InChI=1S/C20H31NO5S/c1-4-25-19(22)14-21-20(2,17-11-6-5-7-12-17)18-13-9-8-10-16(18)15-26-27(3,23)24/h5-7,11-12,16,18,21H,4,8-10,13-15H2,1-3H3/t16-,18+,20-/m1/s1. The molecule has 0 bridgehead atoms. The number of hydrogen-bond acceptors (Lipinski definition) is 6. The summed E-state index contributed by atoms with van der Waals surface area (Å²) in [6.45, 7) is 4.50. The van der Waals surface area contributed by atoms with Crippen LogP contribution in [0.1, 0.15) is 45.1 Å². The van der Waals surface area contributed by atoms with Crippen LogP contribution in [-0.2, 0) is 29.4 Å². The first-order valence-electron chi connectivity index (χ1n) is 9.57. The van der Waals surface area contributed by atoms with Crippen LogP contribution in [0.25, 0.3) is 0 Å². The van der Waals surface area contributed by atoms with E-state index in [-0.39, 0.29) is 31.0 Å². The molecule has 3 atom stereocenters. The lowest BCUT2D eigenvalue weighted by Gasteiger charge is -2.45. The average molecular weight is 398 g/mol. The van der Waals surface area contributed by atoms with Crippen LogP contribution in [0.2, 0.25) is 0 Å². The SMILES string of the molecule is CCOC(=O)CN[C@](C)(c1ccccc1)[C@H]1CCCC[C@@H]1COS(C)(=O)=O.